The van der Waals surface area contributed by atoms with Crippen LogP contribution in [0.4, 0.5) is 5.95 Å². The summed E-state index contributed by atoms with van der Waals surface area (Å²) >= 11 is 12.0. The van der Waals surface area contributed by atoms with Gasteiger partial charge in [0.25, 0.3) is 0 Å². The van der Waals surface area contributed by atoms with Crippen LogP contribution in [-0.4, -0.2) is 9.97 Å². The fourth-order valence-electron chi connectivity index (χ4n) is 1.47. The molecule has 0 aliphatic rings. The number of benzene rings is 1. The van der Waals surface area contributed by atoms with Crippen LogP contribution in [0.15, 0.2) is 24.3 Å². The van der Waals surface area contributed by atoms with Crippen molar-refractivity contribution < 1.29 is 0 Å². The Bertz CT molecular complexity index is 557. The minimum Gasteiger partial charge on any atom is -0.292 e. The highest BCUT2D eigenvalue weighted by Gasteiger charge is 2.08. The number of anilines is 1. The van der Waals surface area contributed by atoms with Crippen LogP contribution in [0.5, 0.6) is 0 Å². The van der Waals surface area contributed by atoms with Crippen LogP contribution >= 0.6 is 23.2 Å². The lowest BCUT2D eigenvalue weighted by Crippen LogP contribution is -2.11. The van der Waals surface area contributed by atoms with Gasteiger partial charge in [-0.3, -0.25) is 5.43 Å². The van der Waals surface area contributed by atoms with Crippen molar-refractivity contribution in [2.75, 3.05) is 5.43 Å². The molecule has 1 aromatic heterocycles. The molecule has 2 rings (SSSR count). The Kier molecular flexibility index (Phi) is 3.47. The first-order valence-electron chi connectivity index (χ1n) is 4.88. The standard InChI is InChI=1S/C11H10Cl2N4/c1-6-4-10(16-11(15-6)17-14)8-3-2-7(12)5-9(8)13/h2-5H,14H2,1H3,(H,15,16,17). The molecule has 0 spiro atoms. The molecule has 0 aliphatic heterocycles. The molecule has 0 saturated carbocycles. The summed E-state index contributed by atoms with van der Waals surface area (Å²) in [6.07, 6.45) is 0. The van der Waals surface area contributed by atoms with E-state index < -0.39 is 0 Å². The van der Waals surface area contributed by atoms with Crippen LogP contribution in [0, 0.1) is 6.92 Å². The average molecular weight is 269 g/mol. The number of nitrogens with one attached hydrogen (secondary N) is 1. The van der Waals surface area contributed by atoms with E-state index in [1.54, 1.807) is 12.1 Å². The van der Waals surface area contributed by atoms with E-state index in [0.29, 0.717) is 21.7 Å². The van der Waals surface area contributed by atoms with Crippen LogP contribution in [0.2, 0.25) is 10.0 Å². The molecule has 1 heterocycles. The minimum atomic E-state index is 0.353. The van der Waals surface area contributed by atoms with Crippen LogP contribution in [0.25, 0.3) is 11.3 Å². The van der Waals surface area contributed by atoms with E-state index in [1.807, 2.05) is 19.1 Å². The van der Waals surface area contributed by atoms with Gasteiger partial charge in [-0.1, -0.05) is 23.2 Å². The van der Waals surface area contributed by atoms with E-state index in [-0.39, 0.29) is 0 Å². The molecule has 3 N–H and O–H groups in total. The molecule has 0 amide bonds. The van der Waals surface area contributed by atoms with Crippen molar-refractivity contribution in [3.05, 3.63) is 40.0 Å². The molecule has 0 aliphatic carbocycles. The summed E-state index contributed by atoms with van der Waals surface area (Å²) in [6.45, 7) is 1.86. The van der Waals surface area contributed by atoms with Gasteiger partial charge in [0, 0.05) is 16.3 Å². The van der Waals surface area contributed by atoms with E-state index in [9.17, 15) is 0 Å². The van der Waals surface area contributed by atoms with Gasteiger partial charge in [0.05, 0.1) is 10.7 Å². The van der Waals surface area contributed by atoms with Crippen molar-refractivity contribution in [2.45, 2.75) is 6.92 Å². The van der Waals surface area contributed by atoms with Crippen LogP contribution < -0.4 is 11.3 Å². The van der Waals surface area contributed by atoms with E-state index in [4.69, 9.17) is 29.0 Å². The number of rotatable bonds is 2. The molecule has 0 saturated heterocycles. The summed E-state index contributed by atoms with van der Waals surface area (Å²) in [7, 11) is 0. The molecule has 0 atom stereocenters. The van der Waals surface area contributed by atoms with Crippen molar-refractivity contribution in [1.82, 2.24) is 9.97 Å². The van der Waals surface area contributed by atoms with Crippen LogP contribution in [-0.2, 0) is 0 Å². The predicted molar refractivity (Wildman–Crippen MR) is 70.0 cm³/mol. The zero-order valence-corrected chi connectivity index (χ0v) is 10.5. The predicted octanol–water partition coefficient (Wildman–Crippen LogP) is 3.04. The van der Waals surface area contributed by atoms with Crippen molar-refractivity contribution >= 4 is 29.2 Å². The first-order valence-corrected chi connectivity index (χ1v) is 5.63. The third-order valence-electron chi connectivity index (χ3n) is 2.19. The lowest BCUT2D eigenvalue weighted by Gasteiger charge is -2.07. The summed E-state index contributed by atoms with van der Waals surface area (Å²) in [4.78, 5) is 8.35. The van der Waals surface area contributed by atoms with Gasteiger partial charge in [0.2, 0.25) is 5.95 Å². The second-order valence-corrected chi connectivity index (χ2v) is 4.33. The molecule has 0 fully saturated rings. The Balaban J connectivity index is 2.55. The molecule has 1 aromatic carbocycles. The van der Waals surface area contributed by atoms with Crippen molar-refractivity contribution in [3.8, 4) is 11.3 Å². The summed E-state index contributed by atoms with van der Waals surface area (Å²) < 4.78 is 0. The zero-order valence-electron chi connectivity index (χ0n) is 9.04. The molecule has 4 nitrogen and oxygen atoms in total. The van der Waals surface area contributed by atoms with Crippen molar-refractivity contribution in [2.24, 2.45) is 5.84 Å². The molecule has 0 unspecified atom stereocenters. The smallest absolute Gasteiger partial charge is 0.237 e. The molecular weight excluding hydrogens is 259 g/mol. The number of aryl methyl sites for hydroxylation is 1. The molecule has 0 bridgehead atoms. The average Bonchev–Trinajstić information content (AvgIpc) is 2.28. The fourth-order valence-corrected chi connectivity index (χ4v) is 1.97. The summed E-state index contributed by atoms with van der Waals surface area (Å²) in [5, 5.41) is 1.13. The Hall–Kier alpha value is -1.36. The lowest BCUT2D eigenvalue weighted by molar-refractivity contribution is 1.08. The molecule has 2 aromatic rings. The molecule has 0 radical (unpaired) electrons. The second-order valence-electron chi connectivity index (χ2n) is 3.49. The quantitative estimate of drug-likeness (QED) is 0.649. The Morgan fingerprint density at radius 3 is 2.59 bits per heavy atom. The third kappa shape index (κ3) is 2.66. The highest BCUT2D eigenvalue weighted by Crippen LogP contribution is 2.29. The minimum absolute atomic E-state index is 0.353. The Labute approximate surface area is 109 Å². The van der Waals surface area contributed by atoms with E-state index in [1.165, 1.54) is 0 Å². The first kappa shape index (κ1) is 12.1. The summed E-state index contributed by atoms with van der Waals surface area (Å²) in [5.41, 5.74) is 4.71. The Morgan fingerprint density at radius 1 is 1.18 bits per heavy atom. The van der Waals surface area contributed by atoms with Gasteiger partial charge >= 0.3 is 0 Å². The van der Waals surface area contributed by atoms with E-state index in [0.717, 1.165) is 11.3 Å². The zero-order chi connectivity index (χ0) is 12.4. The number of hydrazine groups is 1. The maximum Gasteiger partial charge on any atom is 0.237 e. The van der Waals surface area contributed by atoms with E-state index in [2.05, 4.69) is 15.4 Å². The highest BCUT2D eigenvalue weighted by molar-refractivity contribution is 6.36. The van der Waals surface area contributed by atoms with Crippen LogP contribution in [0.1, 0.15) is 5.69 Å². The van der Waals surface area contributed by atoms with Gasteiger partial charge < -0.3 is 0 Å². The van der Waals surface area contributed by atoms with Gasteiger partial charge in [-0.05, 0) is 31.2 Å². The number of aromatic nitrogens is 2. The number of nitrogen functional groups attached to an aromatic ring is 1. The summed E-state index contributed by atoms with van der Waals surface area (Å²) in [5.74, 6) is 5.65. The SMILES string of the molecule is Cc1cc(-c2ccc(Cl)cc2Cl)nc(NN)n1. The van der Waals surface area contributed by atoms with E-state index >= 15 is 0 Å². The highest BCUT2D eigenvalue weighted by atomic mass is 35.5. The number of nitrogens with zero attached hydrogens (tertiary/aromatic N) is 2. The monoisotopic (exact) mass is 268 g/mol. The third-order valence-corrected chi connectivity index (χ3v) is 2.74. The van der Waals surface area contributed by atoms with Crippen molar-refractivity contribution in [1.29, 1.82) is 0 Å². The van der Waals surface area contributed by atoms with Gasteiger partial charge in [-0.25, -0.2) is 15.8 Å². The maximum atomic E-state index is 6.12. The van der Waals surface area contributed by atoms with Gasteiger partial charge in [-0.15, -0.1) is 0 Å². The Morgan fingerprint density at radius 2 is 1.94 bits per heavy atom. The second kappa shape index (κ2) is 4.87. The summed E-state index contributed by atoms with van der Waals surface area (Å²) in [6, 6.07) is 7.07. The maximum absolute atomic E-state index is 6.12. The number of hydrogen-bond donors (Lipinski definition) is 2. The largest absolute Gasteiger partial charge is 0.292 e. The van der Waals surface area contributed by atoms with Crippen LogP contribution in [0.3, 0.4) is 0 Å². The molecule has 17 heavy (non-hydrogen) atoms. The van der Waals surface area contributed by atoms with Gasteiger partial charge in [-0.2, -0.15) is 0 Å². The normalized spacial score (nSPS) is 10.4. The fraction of sp³-hybridized carbons (Fsp3) is 0.0909. The van der Waals surface area contributed by atoms with Gasteiger partial charge in [0.15, 0.2) is 0 Å². The number of hydrogen-bond acceptors (Lipinski definition) is 4. The molecule has 6 heteroatoms. The molecular formula is C11H10Cl2N4. The number of halogens is 2. The lowest BCUT2D eigenvalue weighted by atomic mass is 10.1. The topological polar surface area (TPSA) is 63.8 Å². The first-order chi connectivity index (χ1) is 8.10. The van der Waals surface area contributed by atoms with Gasteiger partial charge in [0.1, 0.15) is 0 Å². The van der Waals surface area contributed by atoms with Crippen molar-refractivity contribution in [3.63, 3.8) is 0 Å². The number of nitrogens with two attached hydrogens (primary N) is 1. The molecule has 88 valence electrons.